The molecule has 1 aromatic rings. The first-order valence-electron chi connectivity index (χ1n) is 5.93. The molecule has 1 unspecified atom stereocenters. The Kier molecular flexibility index (Phi) is 5.71. The van der Waals surface area contributed by atoms with Crippen molar-refractivity contribution in [2.45, 2.75) is 18.7 Å². The summed E-state index contributed by atoms with van der Waals surface area (Å²) in [6, 6.07) is 4.72. The maximum atomic E-state index is 12.7. The standard InChI is InChI=1S/C13H14F3NO4/c1-21-10(12(19)20)7-17-11(18)6-8-4-2-3-5-9(8)13(14,15)16/h2-5,10H,6-7H2,1H3,(H,17,18)(H,19,20). The molecule has 8 heteroatoms. The number of halogens is 3. The van der Waals surface area contributed by atoms with E-state index in [0.29, 0.717) is 0 Å². The number of amides is 1. The fourth-order valence-electron chi connectivity index (χ4n) is 1.66. The quantitative estimate of drug-likeness (QED) is 0.834. The van der Waals surface area contributed by atoms with Crippen LogP contribution in [0, 0.1) is 0 Å². The van der Waals surface area contributed by atoms with E-state index in [1.54, 1.807) is 0 Å². The molecule has 5 nitrogen and oxygen atoms in total. The second-order valence-corrected chi connectivity index (χ2v) is 4.20. The van der Waals surface area contributed by atoms with Crippen molar-refractivity contribution in [2.75, 3.05) is 13.7 Å². The van der Waals surface area contributed by atoms with E-state index in [-0.39, 0.29) is 12.1 Å². The third-order valence-electron chi connectivity index (χ3n) is 2.72. The number of carbonyl (C=O) groups is 2. The minimum atomic E-state index is -4.55. The zero-order chi connectivity index (χ0) is 16.0. The zero-order valence-corrected chi connectivity index (χ0v) is 11.1. The van der Waals surface area contributed by atoms with Crippen molar-refractivity contribution < 1.29 is 32.6 Å². The van der Waals surface area contributed by atoms with E-state index in [1.807, 2.05) is 0 Å². The molecule has 1 amide bonds. The van der Waals surface area contributed by atoms with Crippen LogP contribution in [0.5, 0.6) is 0 Å². The molecule has 21 heavy (non-hydrogen) atoms. The van der Waals surface area contributed by atoms with Crippen molar-refractivity contribution in [3.05, 3.63) is 35.4 Å². The third kappa shape index (κ3) is 5.07. The maximum absolute atomic E-state index is 12.7. The topological polar surface area (TPSA) is 75.6 Å². The number of rotatable bonds is 6. The molecule has 0 aliphatic heterocycles. The predicted octanol–water partition coefficient (Wildman–Crippen LogP) is 1.46. The highest BCUT2D eigenvalue weighted by Gasteiger charge is 2.33. The molecule has 0 fully saturated rings. The van der Waals surface area contributed by atoms with E-state index < -0.39 is 36.1 Å². The predicted molar refractivity (Wildman–Crippen MR) is 66.6 cm³/mol. The van der Waals surface area contributed by atoms with Crippen LogP contribution in [0.25, 0.3) is 0 Å². The summed E-state index contributed by atoms with van der Waals surface area (Å²) in [4.78, 5) is 22.3. The summed E-state index contributed by atoms with van der Waals surface area (Å²) in [5.74, 6) is -1.98. The molecule has 1 rings (SSSR count). The van der Waals surface area contributed by atoms with E-state index in [2.05, 4.69) is 10.1 Å². The Hall–Kier alpha value is -2.09. The molecule has 0 saturated carbocycles. The van der Waals surface area contributed by atoms with E-state index in [9.17, 15) is 22.8 Å². The van der Waals surface area contributed by atoms with E-state index in [0.717, 1.165) is 13.2 Å². The van der Waals surface area contributed by atoms with Gasteiger partial charge in [0.25, 0.3) is 0 Å². The lowest BCUT2D eigenvalue weighted by Crippen LogP contribution is -2.38. The first kappa shape index (κ1) is 17.0. The van der Waals surface area contributed by atoms with Crippen LogP contribution in [-0.4, -0.2) is 36.7 Å². The molecule has 0 spiro atoms. The molecule has 0 aromatic heterocycles. The second-order valence-electron chi connectivity index (χ2n) is 4.20. The molecular weight excluding hydrogens is 291 g/mol. The summed E-state index contributed by atoms with van der Waals surface area (Å²) in [5, 5.41) is 10.9. The number of carboxylic acids is 1. The summed E-state index contributed by atoms with van der Waals surface area (Å²) < 4.78 is 42.8. The van der Waals surface area contributed by atoms with Gasteiger partial charge in [-0.3, -0.25) is 4.79 Å². The highest BCUT2D eigenvalue weighted by atomic mass is 19.4. The number of hydrogen-bond acceptors (Lipinski definition) is 3. The first-order chi connectivity index (χ1) is 9.75. The normalized spacial score (nSPS) is 12.8. The lowest BCUT2D eigenvalue weighted by Gasteiger charge is -2.14. The number of benzene rings is 1. The van der Waals surface area contributed by atoms with E-state index >= 15 is 0 Å². The lowest BCUT2D eigenvalue weighted by molar-refractivity contribution is -0.148. The molecule has 1 atom stereocenters. The van der Waals surface area contributed by atoms with E-state index in [4.69, 9.17) is 5.11 Å². The Labute approximate surface area is 118 Å². The number of ether oxygens (including phenoxy) is 1. The van der Waals surface area contributed by atoms with Gasteiger partial charge in [0.1, 0.15) is 0 Å². The van der Waals surface area contributed by atoms with Crippen LogP contribution in [0.15, 0.2) is 24.3 Å². The molecule has 0 radical (unpaired) electrons. The number of hydrogen-bond donors (Lipinski definition) is 2. The summed E-state index contributed by atoms with van der Waals surface area (Å²) in [5.41, 5.74) is -1.06. The van der Waals surface area contributed by atoms with Crippen molar-refractivity contribution in [3.63, 3.8) is 0 Å². The Bertz CT molecular complexity index is 516. The van der Waals surface area contributed by atoms with Crippen LogP contribution in [0.2, 0.25) is 0 Å². The average molecular weight is 305 g/mol. The van der Waals surface area contributed by atoms with Gasteiger partial charge in [-0.15, -0.1) is 0 Å². The fraction of sp³-hybridized carbons (Fsp3) is 0.385. The summed E-state index contributed by atoms with van der Waals surface area (Å²) in [7, 11) is 1.16. The molecule has 0 aliphatic carbocycles. The number of nitrogens with one attached hydrogen (secondary N) is 1. The molecule has 0 bridgehead atoms. The smallest absolute Gasteiger partial charge is 0.416 e. The molecule has 0 aliphatic rings. The lowest BCUT2D eigenvalue weighted by atomic mass is 10.0. The minimum Gasteiger partial charge on any atom is -0.479 e. The average Bonchev–Trinajstić information content (AvgIpc) is 2.38. The van der Waals surface area contributed by atoms with Crippen molar-refractivity contribution in [1.82, 2.24) is 5.32 Å². The van der Waals surface area contributed by atoms with Gasteiger partial charge in [-0.2, -0.15) is 13.2 Å². The van der Waals surface area contributed by atoms with Gasteiger partial charge >= 0.3 is 12.1 Å². The van der Waals surface area contributed by atoms with Crippen molar-refractivity contribution in [3.8, 4) is 0 Å². The number of carbonyl (C=O) groups excluding carboxylic acids is 1. The molecule has 0 heterocycles. The Morgan fingerprint density at radius 2 is 1.95 bits per heavy atom. The highest BCUT2D eigenvalue weighted by molar-refractivity contribution is 5.80. The van der Waals surface area contributed by atoms with Gasteiger partial charge in [-0.25, -0.2) is 4.79 Å². The van der Waals surface area contributed by atoms with Crippen LogP contribution in [-0.2, 0) is 26.9 Å². The Balaban J connectivity index is 2.70. The van der Waals surface area contributed by atoms with Crippen LogP contribution >= 0.6 is 0 Å². The maximum Gasteiger partial charge on any atom is 0.416 e. The van der Waals surface area contributed by atoms with Gasteiger partial charge in [0, 0.05) is 7.11 Å². The van der Waals surface area contributed by atoms with Gasteiger partial charge in [0.05, 0.1) is 18.5 Å². The number of methoxy groups -OCH3 is 1. The van der Waals surface area contributed by atoms with Gasteiger partial charge in [-0.05, 0) is 11.6 Å². The molecule has 116 valence electrons. The summed E-state index contributed by atoms with van der Waals surface area (Å²) in [6.07, 6.45) is -6.29. The summed E-state index contributed by atoms with van der Waals surface area (Å²) >= 11 is 0. The second kappa shape index (κ2) is 7.07. The fourth-order valence-corrected chi connectivity index (χ4v) is 1.66. The first-order valence-corrected chi connectivity index (χ1v) is 5.93. The van der Waals surface area contributed by atoms with Crippen LogP contribution < -0.4 is 5.32 Å². The Morgan fingerprint density at radius 1 is 1.33 bits per heavy atom. The number of aliphatic carboxylic acids is 1. The van der Waals surface area contributed by atoms with Crippen LogP contribution in [0.3, 0.4) is 0 Å². The van der Waals surface area contributed by atoms with Gasteiger partial charge in [-0.1, -0.05) is 18.2 Å². The largest absolute Gasteiger partial charge is 0.479 e. The van der Waals surface area contributed by atoms with Crippen molar-refractivity contribution >= 4 is 11.9 Å². The van der Waals surface area contributed by atoms with Gasteiger partial charge in [0.15, 0.2) is 6.10 Å². The number of alkyl halides is 3. The molecule has 2 N–H and O–H groups in total. The number of carboxylic acid groups (broad SMARTS) is 1. The monoisotopic (exact) mass is 305 g/mol. The van der Waals surface area contributed by atoms with Crippen LogP contribution in [0.1, 0.15) is 11.1 Å². The SMILES string of the molecule is COC(CNC(=O)Cc1ccccc1C(F)(F)F)C(=O)O. The van der Waals surface area contributed by atoms with Crippen LogP contribution in [0.4, 0.5) is 13.2 Å². The minimum absolute atomic E-state index is 0.174. The summed E-state index contributed by atoms with van der Waals surface area (Å²) in [6.45, 7) is -0.321. The molecule has 0 saturated heterocycles. The van der Waals surface area contributed by atoms with E-state index in [1.165, 1.54) is 18.2 Å². The van der Waals surface area contributed by atoms with Gasteiger partial charge < -0.3 is 15.2 Å². The molecule has 1 aromatic carbocycles. The zero-order valence-electron chi connectivity index (χ0n) is 11.1. The van der Waals surface area contributed by atoms with Crippen molar-refractivity contribution in [2.24, 2.45) is 0 Å². The molecular formula is C13H14F3NO4. The van der Waals surface area contributed by atoms with Gasteiger partial charge in [0.2, 0.25) is 5.91 Å². The Morgan fingerprint density at radius 3 is 2.48 bits per heavy atom. The third-order valence-corrected chi connectivity index (χ3v) is 2.72. The highest BCUT2D eigenvalue weighted by Crippen LogP contribution is 2.31. The van der Waals surface area contributed by atoms with Crippen molar-refractivity contribution in [1.29, 1.82) is 0 Å².